The lowest BCUT2D eigenvalue weighted by Gasteiger charge is -2.18. The van der Waals surface area contributed by atoms with Crippen LogP contribution >= 0.6 is 0 Å². The van der Waals surface area contributed by atoms with Crippen molar-refractivity contribution < 1.29 is 28.3 Å². The largest absolute Gasteiger partial charge is 0.482 e. The van der Waals surface area contributed by atoms with E-state index in [2.05, 4.69) is 31.3 Å². The molecule has 13 heteroatoms. The van der Waals surface area contributed by atoms with E-state index in [1.807, 2.05) is 0 Å². The van der Waals surface area contributed by atoms with Gasteiger partial charge in [-0.25, -0.2) is 13.9 Å². The number of hydrogen-bond acceptors (Lipinski definition) is 7. The molecule has 4 amide bonds. The average molecular weight is 532 g/mol. The highest BCUT2D eigenvalue weighted by Crippen LogP contribution is 2.28. The van der Waals surface area contributed by atoms with Crippen LogP contribution in [-0.4, -0.2) is 51.9 Å². The molecule has 39 heavy (non-hydrogen) atoms. The minimum atomic E-state index is -0.803. The number of amides is 4. The van der Waals surface area contributed by atoms with Gasteiger partial charge >= 0.3 is 0 Å². The minimum Gasteiger partial charge on any atom is -0.482 e. The number of aromatic nitrogens is 3. The Morgan fingerprint density at radius 3 is 2.59 bits per heavy atom. The maximum atomic E-state index is 14.4. The molecule has 5 rings (SSSR count). The molecule has 4 N–H and O–H groups in total. The van der Waals surface area contributed by atoms with E-state index in [0.717, 1.165) is 10.7 Å². The highest BCUT2D eigenvalue weighted by Gasteiger charge is 2.21. The second-order valence-electron chi connectivity index (χ2n) is 8.57. The third-order valence-electron chi connectivity index (χ3n) is 5.89. The van der Waals surface area contributed by atoms with E-state index in [1.165, 1.54) is 13.1 Å². The predicted octanol–water partition coefficient (Wildman–Crippen LogP) is 1.42. The minimum absolute atomic E-state index is 0.0668. The summed E-state index contributed by atoms with van der Waals surface area (Å²) in [4.78, 5) is 53.5. The molecule has 0 saturated heterocycles. The number of carbonyl (C=O) groups is 4. The Kier molecular flexibility index (Phi) is 6.87. The fourth-order valence-corrected chi connectivity index (χ4v) is 3.97. The van der Waals surface area contributed by atoms with Gasteiger partial charge in [0, 0.05) is 31.8 Å². The summed E-state index contributed by atoms with van der Waals surface area (Å²) in [5.74, 6) is -2.12. The molecule has 0 saturated carbocycles. The molecule has 1 aliphatic heterocycles. The number of benzene rings is 2. The van der Waals surface area contributed by atoms with Crippen molar-refractivity contribution in [2.45, 2.75) is 13.1 Å². The number of ether oxygens (including phenoxy) is 1. The standard InChI is InChI=1S/C26H22FN7O5/c1-28-24(36)16-4-2-3-14(7-16)10-30-26(38)20-9-19(33-23-17(27)12-31-34(20)23)25(37)29-11-15-5-6-21-18(8-15)32-22(35)13-39-21/h2-9,12H,10-11,13H2,1H3,(H,28,36)(H,29,37)(H,30,38)(H,32,35). The molecule has 198 valence electrons. The van der Waals surface area contributed by atoms with Crippen LogP contribution in [-0.2, 0) is 17.9 Å². The average Bonchev–Trinajstić information content (AvgIpc) is 3.33. The highest BCUT2D eigenvalue weighted by atomic mass is 19.1. The number of carbonyl (C=O) groups excluding carboxylic acids is 4. The van der Waals surface area contributed by atoms with Crippen molar-refractivity contribution in [3.63, 3.8) is 0 Å². The van der Waals surface area contributed by atoms with Gasteiger partial charge in [-0.1, -0.05) is 18.2 Å². The Bertz CT molecular complexity index is 1630. The zero-order valence-electron chi connectivity index (χ0n) is 20.6. The van der Waals surface area contributed by atoms with Crippen LogP contribution in [0.1, 0.15) is 42.5 Å². The first-order chi connectivity index (χ1) is 18.8. The molecule has 2 aromatic carbocycles. The zero-order chi connectivity index (χ0) is 27.5. The van der Waals surface area contributed by atoms with Gasteiger partial charge < -0.3 is 26.0 Å². The van der Waals surface area contributed by atoms with Crippen molar-refractivity contribution in [1.82, 2.24) is 30.5 Å². The van der Waals surface area contributed by atoms with E-state index in [4.69, 9.17) is 4.74 Å². The molecule has 0 spiro atoms. The molecule has 4 aromatic rings. The second-order valence-corrected chi connectivity index (χ2v) is 8.57. The molecule has 0 unspecified atom stereocenters. The van der Waals surface area contributed by atoms with Crippen LogP contribution < -0.4 is 26.0 Å². The van der Waals surface area contributed by atoms with Crippen molar-refractivity contribution in [1.29, 1.82) is 0 Å². The zero-order valence-corrected chi connectivity index (χ0v) is 20.6. The number of halogens is 1. The first kappa shape index (κ1) is 25.3. The van der Waals surface area contributed by atoms with E-state index < -0.39 is 17.6 Å². The van der Waals surface area contributed by atoms with Crippen LogP contribution in [0.4, 0.5) is 10.1 Å². The Labute approximate surface area is 220 Å². The SMILES string of the molecule is CNC(=O)c1cccc(CNC(=O)c2cc(C(=O)NCc3ccc4c(c3)NC(=O)CO4)nc3c(F)cnn23)c1. The third-order valence-corrected chi connectivity index (χ3v) is 5.89. The molecule has 0 atom stereocenters. The van der Waals surface area contributed by atoms with E-state index in [0.29, 0.717) is 28.1 Å². The normalized spacial score (nSPS) is 12.2. The maximum Gasteiger partial charge on any atom is 0.270 e. The lowest BCUT2D eigenvalue weighted by atomic mass is 10.1. The summed E-state index contributed by atoms with van der Waals surface area (Å²) in [6.45, 7) is 0.0673. The lowest BCUT2D eigenvalue weighted by Crippen LogP contribution is -2.29. The fourth-order valence-electron chi connectivity index (χ4n) is 3.97. The Hall–Kier alpha value is -5.33. The van der Waals surface area contributed by atoms with Crippen molar-refractivity contribution >= 4 is 35.0 Å². The summed E-state index contributed by atoms with van der Waals surface area (Å²) < 4.78 is 20.7. The monoisotopic (exact) mass is 531 g/mol. The van der Waals surface area contributed by atoms with Crippen LogP contribution in [0.3, 0.4) is 0 Å². The van der Waals surface area contributed by atoms with Crippen molar-refractivity contribution in [3.05, 3.63) is 88.6 Å². The number of rotatable bonds is 7. The van der Waals surface area contributed by atoms with Crippen molar-refractivity contribution in [3.8, 4) is 5.75 Å². The smallest absolute Gasteiger partial charge is 0.270 e. The van der Waals surface area contributed by atoms with Gasteiger partial charge in [-0.15, -0.1) is 0 Å². The van der Waals surface area contributed by atoms with Crippen LogP contribution in [0, 0.1) is 5.82 Å². The summed E-state index contributed by atoms with van der Waals surface area (Å²) in [5.41, 5.74) is 1.65. The van der Waals surface area contributed by atoms with Crippen LogP contribution in [0.2, 0.25) is 0 Å². The van der Waals surface area contributed by atoms with Crippen molar-refractivity contribution in [2.24, 2.45) is 0 Å². The van der Waals surface area contributed by atoms with Gasteiger partial charge in [0.05, 0.1) is 11.9 Å². The summed E-state index contributed by atoms with van der Waals surface area (Å²) in [5, 5.41) is 14.5. The predicted molar refractivity (Wildman–Crippen MR) is 136 cm³/mol. The first-order valence-electron chi connectivity index (χ1n) is 11.8. The molecule has 1 aliphatic rings. The second kappa shape index (κ2) is 10.6. The fraction of sp³-hybridized carbons (Fsp3) is 0.154. The Balaban J connectivity index is 1.33. The molecule has 3 heterocycles. The molecule has 12 nitrogen and oxygen atoms in total. The van der Waals surface area contributed by atoms with Gasteiger partial charge in [-0.3, -0.25) is 19.2 Å². The molecular weight excluding hydrogens is 509 g/mol. The van der Waals surface area contributed by atoms with Gasteiger partial charge in [0.1, 0.15) is 17.1 Å². The van der Waals surface area contributed by atoms with E-state index in [-0.39, 0.29) is 48.5 Å². The van der Waals surface area contributed by atoms with Gasteiger partial charge in [0.15, 0.2) is 18.1 Å². The number of nitrogens with one attached hydrogen (secondary N) is 4. The number of anilines is 1. The summed E-state index contributed by atoms with van der Waals surface area (Å²) in [7, 11) is 1.52. The molecule has 0 radical (unpaired) electrons. The highest BCUT2D eigenvalue weighted by molar-refractivity contribution is 5.98. The Morgan fingerprint density at radius 2 is 1.79 bits per heavy atom. The lowest BCUT2D eigenvalue weighted by molar-refractivity contribution is -0.118. The number of nitrogens with zero attached hydrogens (tertiary/aromatic N) is 3. The van der Waals surface area contributed by atoms with Gasteiger partial charge in [0.25, 0.3) is 23.6 Å². The molecular formula is C26H22FN7O5. The summed E-state index contributed by atoms with van der Waals surface area (Å²) >= 11 is 0. The Morgan fingerprint density at radius 1 is 1.03 bits per heavy atom. The molecule has 0 aliphatic carbocycles. The third kappa shape index (κ3) is 5.37. The topological polar surface area (TPSA) is 156 Å². The molecule has 0 bridgehead atoms. The van der Waals surface area contributed by atoms with E-state index in [9.17, 15) is 23.6 Å². The van der Waals surface area contributed by atoms with Crippen LogP contribution in [0.15, 0.2) is 54.7 Å². The number of fused-ring (bicyclic) bond motifs is 2. The van der Waals surface area contributed by atoms with Crippen LogP contribution in [0.25, 0.3) is 5.65 Å². The quantitative estimate of drug-likeness (QED) is 0.281. The van der Waals surface area contributed by atoms with Gasteiger partial charge in [-0.2, -0.15) is 5.10 Å². The van der Waals surface area contributed by atoms with Gasteiger partial charge in [-0.05, 0) is 35.4 Å². The summed E-state index contributed by atoms with van der Waals surface area (Å²) in [6, 6.07) is 13.0. The van der Waals surface area contributed by atoms with E-state index >= 15 is 0 Å². The van der Waals surface area contributed by atoms with Gasteiger partial charge in [0.2, 0.25) is 0 Å². The maximum absolute atomic E-state index is 14.4. The first-order valence-corrected chi connectivity index (χ1v) is 11.8. The summed E-state index contributed by atoms with van der Waals surface area (Å²) in [6.07, 6.45) is 0.900. The van der Waals surface area contributed by atoms with Crippen molar-refractivity contribution in [2.75, 3.05) is 19.0 Å². The van der Waals surface area contributed by atoms with E-state index in [1.54, 1.807) is 42.5 Å². The van der Waals surface area contributed by atoms with Crippen LogP contribution in [0.5, 0.6) is 5.75 Å². The molecule has 2 aromatic heterocycles. The molecule has 0 fully saturated rings. The number of hydrogen-bond donors (Lipinski definition) is 4.